The summed E-state index contributed by atoms with van der Waals surface area (Å²) < 4.78 is 0. The van der Waals surface area contributed by atoms with Gasteiger partial charge in [-0.2, -0.15) is 0 Å². The molecule has 3 nitrogen and oxygen atoms in total. The molecular formula is C20H24N2O. The molecule has 0 saturated carbocycles. The van der Waals surface area contributed by atoms with Crippen molar-refractivity contribution in [3.8, 4) is 0 Å². The van der Waals surface area contributed by atoms with Gasteiger partial charge in [0.1, 0.15) is 0 Å². The summed E-state index contributed by atoms with van der Waals surface area (Å²) in [6.45, 7) is 9.66. The van der Waals surface area contributed by atoms with Crippen molar-refractivity contribution in [2.24, 2.45) is 0 Å². The quantitative estimate of drug-likeness (QED) is 0.846. The third kappa shape index (κ3) is 3.09. The topological polar surface area (TPSA) is 23.6 Å². The highest BCUT2D eigenvalue weighted by molar-refractivity contribution is 5.95. The molecule has 1 aliphatic rings. The molecule has 1 amide bonds. The number of carbonyl (C=O) groups excluding carboxylic acids is 1. The molecule has 0 bridgehead atoms. The number of carbonyl (C=O) groups is 1. The van der Waals surface area contributed by atoms with Gasteiger partial charge < -0.3 is 9.80 Å². The summed E-state index contributed by atoms with van der Waals surface area (Å²) in [6.07, 6.45) is 0. The van der Waals surface area contributed by atoms with Crippen LogP contribution < -0.4 is 4.90 Å². The third-order valence-corrected chi connectivity index (χ3v) is 4.70. The fourth-order valence-corrected chi connectivity index (χ4v) is 3.42. The molecule has 0 unspecified atom stereocenters. The second kappa shape index (κ2) is 6.45. The summed E-state index contributed by atoms with van der Waals surface area (Å²) >= 11 is 0. The van der Waals surface area contributed by atoms with Gasteiger partial charge in [-0.25, -0.2) is 0 Å². The van der Waals surface area contributed by atoms with Crippen LogP contribution in [0.3, 0.4) is 0 Å². The minimum atomic E-state index is 0.157. The first-order valence-corrected chi connectivity index (χ1v) is 8.24. The van der Waals surface area contributed by atoms with Crippen molar-refractivity contribution in [2.45, 2.75) is 20.8 Å². The highest BCUT2D eigenvalue weighted by Crippen LogP contribution is 2.26. The van der Waals surface area contributed by atoms with Gasteiger partial charge >= 0.3 is 0 Å². The zero-order valence-electron chi connectivity index (χ0n) is 14.2. The van der Waals surface area contributed by atoms with Crippen LogP contribution in [0.2, 0.25) is 0 Å². The number of para-hydroxylation sites is 1. The van der Waals surface area contributed by atoms with E-state index in [-0.39, 0.29) is 5.91 Å². The molecule has 3 rings (SSSR count). The highest BCUT2D eigenvalue weighted by Gasteiger charge is 2.24. The van der Waals surface area contributed by atoms with Gasteiger partial charge in [-0.1, -0.05) is 36.4 Å². The minimum Gasteiger partial charge on any atom is -0.368 e. The van der Waals surface area contributed by atoms with E-state index in [2.05, 4.69) is 36.9 Å². The van der Waals surface area contributed by atoms with Crippen molar-refractivity contribution >= 4 is 11.6 Å². The van der Waals surface area contributed by atoms with Gasteiger partial charge in [0.05, 0.1) is 0 Å². The Hall–Kier alpha value is -2.29. The maximum atomic E-state index is 12.7. The number of rotatable bonds is 2. The first kappa shape index (κ1) is 15.6. The Kier molecular flexibility index (Phi) is 4.37. The van der Waals surface area contributed by atoms with Gasteiger partial charge in [-0.05, 0) is 43.5 Å². The zero-order chi connectivity index (χ0) is 16.4. The first-order chi connectivity index (χ1) is 11.1. The number of benzene rings is 2. The van der Waals surface area contributed by atoms with Crippen LogP contribution in [-0.4, -0.2) is 37.0 Å². The molecule has 0 aromatic heterocycles. The average molecular weight is 308 g/mol. The van der Waals surface area contributed by atoms with E-state index in [1.54, 1.807) is 0 Å². The number of hydrogen-bond acceptors (Lipinski definition) is 2. The van der Waals surface area contributed by atoms with Crippen molar-refractivity contribution in [1.82, 2.24) is 4.90 Å². The monoisotopic (exact) mass is 308 g/mol. The highest BCUT2D eigenvalue weighted by atomic mass is 16.2. The van der Waals surface area contributed by atoms with E-state index in [0.29, 0.717) is 0 Å². The summed E-state index contributed by atoms with van der Waals surface area (Å²) in [6, 6.07) is 14.3. The van der Waals surface area contributed by atoms with E-state index < -0.39 is 0 Å². The number of aryl methyl sites for hydroxylation is 3. The molecule has 2 aromatic carbocycles. The van der Waals surface area contributed by atoms with Crippen molar-refractivity contribution in [1.29, 1.82) is 0 Å². The van der Waals surface area contributed by atoms with Gasteiger partial charge in [0, 0.05) is 37.4 Å². The van der Waals surface area contributed by atoms with Gasteiger partial charge in [-0.3, -0.25) is 4.79 Å². The fraction of sp³-hybridized carbons (Fsp3) is 0.350. The van der Waals surface area contributed by atoms with Gasteiger partial charge in [0.2, 0.25) is 0 Å². The Balaban J connectivity index is 1.72. The lowest BCUT2D eigenvalue weighted by atomic mass is 10.1. The molecule has 0 aliphatic carbocycles. The lowest BCUT2D eigenvalue weighted by Crippen LogP contribution is -2.49. The van der Waals surface area contributed by atoms with Crippen LogP contribution >= 0.6 is 0 Å². The number of nitrogens with zero attached hydrogens (tertiary/aromatic N) is 2. The molecule has 0 radical (unpaired) electrons. The fourth-order valence-electron chi connectivity index (χ4n) is 3.42. The minimum absolute atomic E-state index is 0.157. The molecule has 120 valence electrons. The number of anilines is 1. The first-order valence-electron chi connectivity index (χ1n) is 8.24. The third-order valence-electron chi connectivity index (χ3n) is 4.70. The predicted molar refractivity (Wildman–Crippen MR) is 95.2 cm³/mol. The maximum Gasteiger partial charge on any atom is 0.254 e. The van der Waals surface area contributed by atoms with E-state index >= 15 is 0 Å². The molecule has 0 atom stereocenters. The van der Waals surface area contributed by atoms with Crippen LogP contribution in [0.25, 0.3) is 0 Å². The summed E-state index contributed by atoms with van der Waals surface area (Å²) in [5.74, 6) is 0.157. The molecule has 1 aliphatic heterocycles. The Morgan fingerprint density at radius 2 is 1.35 bits per heavy atom. The molecule has 3 heteroatoms. The Morgan fingerprint density at radius 3 is 1.96 bits per heavy atom. The van der Waals surface area contributed by atoms with Crippen LogP contribution in [0.15, 0.2) is 42.5 Å². The average Bonchev–Trinajstić information content (AvgIpc) is 2.55. The van der Waals surface area contributed by atoms with Crippen molar-refractivity contribution in [2.75, 3.05) is 31.1 Å². The summed E-state index contributed by atoms with van der Waals surface area (Å²) in [7, 11) is 0. The van der Waals surface area contributed by atoms with E-state index in [1.165, 1.54) is 16.8 Å². The second-order valence-electron chi connectivity index (χ2n) is 6.33. The molecule has 0 N–H and O–H groups in total. The normalized spacial score (nSPS) is 14.9. The molecule has 1 fully saturated rings. The smallest absolute Gasteiger partial charge is 0.254 e. The van der Waals surface area contributed by atoms with Gasteiger partial charge in [0.15, 0.2) is 0 Å². The molecule has 1 saturated heterocycles. The largest absolute Gasteiger partial charge is 0.368 e. The van der Waals surface area contributed by atoms with Crippen LogP contribution in [0.5, 0.6) is 0 Å². The lowest BCUT2D eigenvalue weighted by Gasteiger charge is -2.37. The molecule has 2 aromatic rings. The van der Waals surface area contributed by atoms with E-state index in [1.807, 2.05) is 36.1 Å². The number of amides is 1. The SMILES string of the molecule is Cc1ccccc1C(=O)N1CCN(c2c(C)cccc2C)CC1. The van der Waals surface area contributed by atoms with Crippen LogP contribution in [0, 0.1) is 20.8 Å². The number of piperazine rings is 1. The zero-order valence-corrected chi connectivity index (χ0v) is 14.2. The number of hydrogen-bond donors (Lipinski definition) is 0. The predicted octanol–water partition coefficient (Wildman–Crippen LogP) is 3.57. The van der Waals surface area contributed by atoms with Crippen LogP contribution in [-0.2, 0) is 0 Å². The van der Waals surface area contributed by atoms with Gasteiger partial charge in [-0.15, -0.1) is 0 Å². The van der Waals surface area contributed by atoms with Gasteiger partial charge in [0.25, 0.3) is 5.91 Å². The van der Waals surface area contributed by atoms with Crippen molar-refractivity contribution in [3.05, 3.63) is 64.7 Å². The van der Waals surface area contributed by atoms with E-state index in [0.717, 1.165) is 37.3 Å². The molecular weight excluding hydrogens is 284 g/mol. The Bertz CT molecular complexity index is 695. The maximum absolute atomic E-state index is 12.7. The van der Waals surface area contributed by atoms with Crippen molar-refractivity contribution < 1.29 is 4.79 Å². The summed E-state index contributed by atoms with van der Waals surface area (Å²) in [5, 5.41) is 0. The summed E-state index contributed by atoms with van der Waals surface area (Å²) in [5.41, 5.74) is 5.82. The second-order valence-corrected chi connectivity index (χ2v) is 6.33. The molecule has 23 heavy (non-hydrogen) atoms. The molecule has 1 heterocycles. The standard InChI is InChI=1S/C20H24N2O/c1-15-7-4-5-10-18(15)20(23)22-13-11-21(12-14-22)19-16(2)8-6-9-17(19)3/h4-10H,11-14H2,1-3H3. The Morgan fingerprint density at radius 1 is 0.783 bits per heavy atom. The van der Waals surface area contributed by atoms with Crippen LogP contribution in [0.4, 0.5) is 5.69 Å². The van der Waals surface area contributed by atoms with Crippen molar-refractivity contribution in [3.63, 3.8) is 0 Å². The van der Waals surface area contributed by atoms with Crippen LogP contribution in [0.1, 0.15) is 27.0 Å². The van der Waals surface area contributed by atoms with E-state index in [4.69, 9.17) is 0 Å². The Labute approximate surface area is 138 Å². The molecule has 0 spiro atoms. The van der Waals surface area contributed by atoms with E-state index in [9.17, 15) is 4.79 Å². The lowest BCUT2D eigenvalue weighted by molar-refractivity contribution is 0.0746. The summed E-state index contributed by atoms with van der Waals surface area (Å²) in [4.78, 5) is 17.1.